The van der Waals surface area contributed by atoms with E-state index in [9.17, 15) is 9.18 Å². The van der Waals surface area contributed by atoms with Crippen molar-refractivity contribution in [3.63, 3.8) is 0 Å². The molecule has 1 aromatic rings. The van der Waals surface area contributed by atoms with Gasteiger partial charge >= 0.3 is 0 Å². The lowest BCUT2D eigenvalue weighted by Gasteiger charge is -2.19. The first-order valence-electron chi connectivity index (χ1n) is 8.91. The summed E-state index contributed by atoms with van der Waals surface area (Å²) in [5, 5.41) is 3.23. The fourth-order valence-electron chi connectivity index (χ4n) is 3.70. The Balaban J connectivity index is 1.48. The number of carbonyl (C=O) groups excluding carboxylic acids is 1. The molecule has 1 N–H and O–H groups in total. The summed E-state index contributed by atoms with van der Waals surface area (Å²) in [6.07, 6.45) is 3.57. The van der Waals surface area contributed by atoms with E-state index in [1.165, 1.54) is 25.0 Å². The van der Waals surface area contributed by atoms with Crippen molar-refractivity contribution < 1.29 is 13.9 Å². The van der Waals surface area contributed by atoms with Crippen LogP contribution in [0.15, 0.2) is 24.3 Å². The standard InChI is InChI=1S/C19H27FN2O2/c1-24-10-9-22-12-17(15-6-7-15)18(13-22)21-19(23)8-5-14-3-2-4-16(20)11-14/h2-4,11,15,17-18H,5-10,12-13H2,1H3,(H,21,23)/t17-,18+/m1/s1. The smallest absolute Gasteiger partial charge is 0.220 e. The molecule has 0 spiro atoms. The Morgan fingerprint density at radius 3 is 2.92 bits per heavy atom. The van der Waals surface area contributed by atoms with Crippen LogP contribution in [0.5, 0.6) is 0 Å². The number of nitrogens with one attached hydrogen (secondary N) is 1. The quantitative estimate of drug-likeness (QED) is 0.793. The number of benzene rings is 1. The fourth-order valence-corrected chi connectivity index (χ4v) is 3.70. The number of hydrogen-bond donors (Lipinski definition) is 1. The van der Waals surface area contributed by atoms with Gasteiger partial charge in [-0.15, -0.1) is 0 Å². The Morgan fingerprint density at radius 2 is 2.21 bits per heavy atom. The normalized spacial score (nSPS) is 24.2. The van der Waals surface area contributed by atoms with E-state index in [0.717, 1.165) is 37.7 Å². The Bertz CT molecular complexity index is 562. The highest BCUT2D eigenvalue weighted by Crippen LogP contribution is 2.41. The monoisotopic (exact) mass is 334 g/mol. The van der Waals surface area contributed by atoms with Gasteiger partial charge in [0.25, 0.3) is 0 Å². The molecule has 0 unspecified atom stereocenters. The van der Waals surface area contributed by atoms with Crippen LogP contribution in [0.25, 0.3) is 0 Å². The van der Waals surface area contributed by atoms with Gasteiger partial charge in [-0.05, 0) is 48.8 Å². The minimum Gasteiger partial charge on any atom is -0.383 e. The van der Waals surface area contributed by atoms with Gasteiger partial charge < -0.3 is 10.1 Å². The first kappa shape index (κ1) is 17.4. The van der Waals surface area contributed by atoms with Gasteiger partial charge in [-0.3, -0.25) is 9.69 Å². The molecule has 2 fully saturated rings. The lowest BCUT2D eigenvalue weighted by atomic mass is 9.98. The molecule has 1 saturated carbocycles. The average Bonchev–Trinajstić information content (AvgIpc) is 3.33. The third kappa shape index (κ3) is 4.77. The van der Waals surface area contributed by atoms with Crippen molar-refractivity contribution in [2.45, 2.75) is 31.7 Å². The minimum absolute atomic E-state index is 0.0727. The maximum atomic E-state index is 13.2. The van der Waals surface area contributed by atoms with Crippen molar-refractivity contribution >= 4 is 5.91 Å². The highest BCUT2D eigenvalue weighted by Gasteiger charge is 2.42. The molecule has 1 aliphatic heterocycles. The number of amides is 1. The molecule has 5 heteroatoms. The van der Waals surface area contributed by atoms with Gasteiger partial charge in [0, 0.05) is 39.2 Å². The van der Waals surface area contributed by atoms with Gasteiger partial charge in [-0.2, -0.15) is 0 Å². The predicted octanol–water partition coefficient (Wildman–Crippen LogP) is 2.23. The number of aryl methyl sites for hydroxylation is 1. The van der Waals surface area contributed by atoms with E-state index < -0.39 is 0 Å². The third-order valence-electron chi connectivity index (χ3n) is 5.16. The zero-order valence-electron chi connectivity index (χ0n) is 14.3. The number of carbonyl (C=O) groups is 1. The van der Waals surface area contributed by atoms with E-state index in [4.69, 9.17) is 4.74 Å². The molecule has 0 bridgehead atoms. The Hall–Kier alpha value is -1.46. The summed E-state index contributed by atoms with van der Waals surface area (Å²) in [5.41, 5.74) is 0.872. The lowest BCUT2D eigenvalue weighted by Crippen LogP contribution is -2.41. The predicted molar refractivity (Wildman–Crippen MR) is 91.2 cm³/mol. The van der Waals surface area contributed by atoms with E-state index in [0.29, 0.717) is 18.8 Å². The highest BCUT2D eigenvalue weighted by atomic mass is 19.1. The zero-order valence-corrected chi connectivity index (χ0v) is 14.3. The molecule has 1 heterocycles. The minimum atomic E-state index is -0.244. The van der Waals surface area contributed by atoms with Crippen LogP contribution in [-0.2, 0) is 16.0 Å². The molecule has 1 aliphatic carbocycles. The summed E-state index contributed by atoms with van der Waals surface area (Å²) in [6.45, 7) is 3.63. The molecule has 0 aromatic heterocycles. The van der Waals surface area contributed by atoms with Gasteiger partial charge in [0.15, 0.2) is 0 Å². The van der Waals surface area contributed by atoms with Crippen molar-refractivity contribution in [3.05, 3.63) is 35.6 Å². The van der Waals surface area contributed by atoms with Gasteiger partial charge in [-0.25, -0.2) is 4.39 Å². The first-order chi connectivity index (χ1) is 11.7. The maximum absolute atomic E-state index is 13.2. The lowest BCUT2D eigenvalue weighted by molar-refractivity contribution is -0.122. The molecule has 132 valence electrons. The van der Waals surface area contributed by atoms with E-state index in [1.807, 2.05) is 6.07 Å². The van der Waals surface area contributed by atoms with Crippen molar-refractivity contribution in [3.8, 4) is 0 Å². The van der Waals surface area contributed by atoms with E-state index in [1.54, 1.807) is 13.2 Å². The SMILES string of the molecule is COCCN1C[C@H](NC(=O)CCc2cccc(F)c2)[C@@H](C2CC2)C1. The molecular formula is C19H27FN2O2. The fraction of sp³-hybridized carbons (Fsp3) is 0.632. The van der Waals surface area contributed by atoms with Crippen LogP contribution in [0, 0.1) is 17.7 Å². The number of nitrogens with zero attached hydrogens (tertiary/aromatic N) is 1. The second kappa shape index (κ2) is 8.08. The third-order valence-corrected chi connectivity index (χ3v) is 5.16. The molecule has 2 atom stereocenters. The summed E-state index contributed by atoms with van der Waals surface area (Å²) in [4.78, 5) is 14.7. The topological polar surface area (TPSA) is 41.6 Å². The number of halogens is 1. The number of rotatable bonds is 8. The van der Waals surface area contributed by atoms with Crippen LogP contribution in [0.1, 0.15) is 24.8 Å². The summed E-state index contributed by atoms with van der Waals surface area (Å²) >= 11 is 0. The number of hydrogen-bond acceptors (Lipinski definition) is 3. The van der Waals surface area contributed by atoms with Crippen molar-refractivity contribution in [1.82, 2.24) is 10.2 Å². The molecule has 2 aliphatic rings. The van der Waals surface area contributed by atoms with Crippen LogP contribution in [-0.4, -0.2) is 50.2 Å². The maximum Gasteiger partial charge on any atom is 0.220 e. The molecular weight excluding hydrogens is 307 g/mol. The first-order valence-corrected chi connectivity index (χ1v) is 8.91. The molecule has 1 saturated heterocycles. The van der Waals surface area contributed by atoms with Crippen LogP contribution >= 0.6 is 0 Å². The molecule has 0 radical (unpaired) electrons. The van der Waals surface area contributed by atoms with Crippen LogP contribution in [0.3, 0.4) is 0 Å². The van der Waals surface area contributed by atoms with Crippen molar-refractivity contribution in [2.24, 2.45) is 11.8 Å². The van der Waals surface area contributed by atoms with Crippen molar-refractivity contribution in [1.29, 1.82) is 0 Å². The average molecular weight is 334 g/mol. The Labute approximate surface area is 143 Å². The van der Waals surface area contributed by atoms with Gasteiger partial charge in [0.05, 0.1) is 6.61 Å². The van der Waals surface area contributed by atoms with E-state index in [2.05, 4.69) is 10.2 Å². The molecule has 3 rings (SSSR count). The molecule has 1 aromatic carbocycles. The van der Waals surface area contributed by atoms with Gasteiger partial charge in [-0.1, -0.05) is 12.1 Å². The van der Waals surface area contributed by atoms with Crippen molar-refractivity contribution in [2.75, 3.05) is 33.4 Å². The van der Waals surface area contributed by atoms with Gasteiger partial charge in [0.1, 0.15) is 5.82 Å². The molecule has 4 nitrogen and oxygen atoms in total. The summed E-state index contributed by atoms with van der Waals surface area (Å²) in [6, 6.07) is 6.73. The van der Waals surface area contributed by atoms with Crippen LogP contribution in [0.4, 0.5) is 4.39 Å². The number of methoxy groups -OCH3 is 1. The summed E-state index contributed by atoms with van der Waals surface area (Å²) in [7, 11) is 1.72. The molecule has 1 amide bonds. The van der Waals surface area contributed by atoms with E-state index in [-0.39, 0.29) is 17.8 Å². The van der Waals surface area contributed by atoms with Gasteiger partial charge in [0.2, 0.25) is 5.91 Å². The molecule has 24 heavy (non-hydrogen) atoms. The Kier molecular flexibility index (Phi) is 5.85. The number of ether oxygens (including phenoxy) is 1. The second-order valence-electron chi connectivity index (χ2n) is 7.06. The number of likely N-dealkylation sites (tertiary alicyclic amines) is 1. The largest absolute Gasteiger partial charge is 0.383 e. The van der Waals surface area contributed by atoms with Crippen LogP contribution in [0.2, 0.25) is 0 Å². The van der Waals surface area contributed by atoms with Crippen LogP contribution < -0.4 is 5.32 Å². The summed E-state index contributed by atoms with van der Waals surface area (Å²) < 4.78 is 18.4. The second-order valence-corrected chi connectivity index (χ2v) is 7.06. The zero-order chi connectivity index (χ0) is 16.9. The van der Waals surface area contributed by atoms with E-state index >= 15 is 0 Å². The Morgan fingerprint density at radius 1 is 1.38 bits per heavy atom. The highest BCUT2D eigenvalue weighted by molar-refractivity contribution is 5.76. The summed E-state index contributed by atoms with van der Waals surface area (Å²) in [5.74, 6) is 1.17.